The van der Waals surface area contributed by atoms with Crippen LogP contribution in [-0.2, 0) is 33.4 Å². The molecule has 8 atom stereocenters. The first-order valence-electron chi connectivity index (χ1n) is 41.5. The Balaban J connectivity index is 0.000000194. The Labute approximate surface area is 703 Å². The van der Waals surface area contributed by atoms with E-state index in [1.165, 1.54) is 21.3 Å². The first-order chi connectivity index (χ1) is 57.3. The van der Waals surface area contributed by atoms with Crippen molar-refractivity contribution >= 4 is 87.0 Å². The van der Waals surface area contributed by atoms with Crippen LogP contribution >= 0.6 is 23.5 Å². The lowest BCUT2D eigenvalue weighted by atomic mass is 9.92. The highest BCUT2D eigenvalue weighted by Crippen LogP contribution is 2.41. The smallest absolute Gasteiger partial charge is 0.407 e. The molecule has 0 spiro atoms. The van der Waals surface area contributed by atoms with E-state index in [1.807, 2.05) is 95.6 Å². The monoisotopic (exact) mass is 1650 g/mol. The first-order valence-corrected chi connectivity index (χ1v) is 43.8. The van der Waals surface area contributed by atoms with Gasteiger partial charge in [0.15, 0.2) is 0 Å². The highest BCUT2D eigenvalue weighted by Gasteiger charge is 2.43. The van der Waals surface area contributed by atoms with Crippen molar-refractivity contribution in [3.63, 3.8) is 0 Å². The zero-order chi connectivity index (χ0) is 82.3. The van der Waals surface area contributed by atoms with Crippen molar-refractivity contribution in [2.75, 3.05) is 70.5 Å². The predicted molar refractivity (Wildman–Crippen MR) is 466 cm³/mol. The van der Waals surface area contributed by atoms with Gasteiger partial charge >= 0.3 is 18.3 Å². The molecule has 626 valence electrons. The van der Waals surface area contributed by atoms with Gasteiger partial charge in [0.2, 0.25) is 23.6 Å². The molecule has 10 aromatic rings. The van der Waals surface area contributed by atoms with Crippen LogP contribution in [0.3, 0.4) is 0 Å². The molecular formula is C91H110N16O10S2. The number of nitrogens with two attached hydrogens (primary N) is 1. The van der Waals surface area contributed by atoms with Gasteiger partial charge in [-0.15, -0.1) is 0 Å². The van der Waals surface area contributed by atoms with E-state index in [9.17, 15) is 33.6 Å². The van der Waals surface area contributed by atoms with Crippen LogP contribution in [-0.4, -0.2) is 196 Å². The van der Waals surface area contributed by atoms with E-state index in [0.29, 0.717) is 19.6 Å². The highest BCUT2D eigenvalue weighted by atomic mass is 32.2. The van der Waals surface area contributed by atoms with Gasteiger partial charge < -0.3 is 75.4 Å². The van der Waals surface area contributed by atoms with Crippen LogP contribution in [0.4, 0.5) is 14.4 Å². The third-order valence-electron chi connectivity index (χ3n) is 24.5. The number of ether oxygens (including phenoxy) is 3. The number of methoxy groups -OCH3 is 3. The summed E-state index contributed by atoms with van der Waals surface area (Å²) in [5, 5.41) is 12.7. The number of hydrogen-bond acceptors (Lipinski definition) is 17. The number of H-pyrrole nitrogens is 4. The van der Waals surface area contributed by atoms with E-state index in [0.717, 1.165) is 219 Å². The van der Waals surface area contributed by atoms with E-state index < -0.39 is 42.4 Å². The quantitative estimate of drug-likeness (QED) is 0.0310. The Kier molecular flexibility index (Phi) is 27.0. The molecule has 0 aliphatic carbocycles. The molecule has 26 nitrogen and oxygen atoms in total. The third-order valence-corrected chi connectivity index (χ3v) is 26.6. The number of carbonyl (C=O) groups is 7. The second-order valence-corrected chi connectivity index (χ2v) is 34.9. The first kappa shape index (κ1) is 84.5. The van der Waals surface area contributed by atoms with E-state index in [4.69, 9.17) is 39.9 Å². The summed E-state index contributed by atoms with van der Waals surface area (Å²) < 4.78 is 14.4. The maximum absolute atomic E-state index is 14.0. The van der Waals surface area contributed by atoms with Crippen molar-refractivity contribution in [3.8, 4) is 67.3 Å². The lowest BCUT2D eigenvalue weighted by Crippen LogP contribution is -2.52. The lowest BCUT2D eigenvalue weighted by Gasteiger charge is -2.34. The van der Waals surface area contributed by atoms with Gasteiger partial charge in [-0.05, 0) is 203 Å². The molecule has 16 rings (SSSR count). The standard InChI is InChI=1S/C46H54N8O6S.C44H52N8O4S.CH4/c1-27(2)39(51-45(57)59-3)43(55)53-19-5-7-37(53)42-48-26-36(50-42)34-16-15-32-23-31(13-14-33(32)24-34)28-9-11-29(12-10-28)35-25-47-41(49-35)38-8-6-20-54(38)44(56)40(52-46(58)60-4)30-17-21-61-22-18-30;1-26(2)39(50-44(55)56-3)43(54)52-19-5-7-37(52)41-47-25-35(49-41)33-15-14-31-22-30(12-13-32(31)23-33)27-8-10-28(11-9-27)34-24-46-40(48-34)36-6-4-18-51(36)42(53)38(45)29-16-20-57-21-17-29;/h9-16,23-27,30,37-40H,5-8,17-22H2,1-4H3,(H,47,49)(H,48,50)(H,51,57)(H,52,58);8-15,22-26,29,36-39H,4-7,16-21,45H2,1-3H3,(H,46,48)(H,47,49)(H,50,55);1H4/t37-,38-,39-,40-;36-,37-,38-,39-;/m00./s1. The van der Waals surface area contributed by atoms with E-state index in [2.05, 4.69) is 157 Å². The normalized spacial score (nSPS) is 19.4. The molecule has 119 heavy (non-hydrogen) atoms. The van der Waals surface area contributed by atoms with Gasteiger partial charge in [-0.1, -0.05) is 132 Å². The zero-order valence-electron chi connectivity index (χ0n) is 68.0. The van der Waals surface area contributed by atoms with Crippen LogP contribution in [0.1, 0.15) is 160 Å². The summed E-state index contributed by atoms with van der Waals surface area (Å²) in [5.74, 6) is 7.04. The highest BCUT2D eigenvalue weighted by molar-refractivity contribution is 7.99. The molecule has 6 fully saturated rings. The summed E-state index contributed by atoms with van der Waals surface area (Å²) >= 11 is 3.83. The molecule has 0 radical (unpaired) electrons. The number of fused-ring (bicyclic) bond motifs is 2. The minimum Gasteiger partial charge on any atom is -0.453 e. The van der Waals surface area contributed by atoms with Crippen LogP contribution in [0.5, 0.6) is 0 Å². The molecule has 6 aliphatic heterocycles. The van der Waals surface area contributed by atoms with Crippen LogP contribution in [0.2, 0.25) is 0 Å². The molecule has 0 bridgehead atoms. The molecule has 0 saturated carbocycles. The minimum atomic E-state index is -0.688. The number of hydrogen-bond donors (Lipinski definition) is 8. The Bertz CT molecular complexity index is 5240. The molecule has 28 heteroatoms. The number of rotatable bonds is 21. The summed E-state index contributed by atoms with van der Waals surface area (Å²) in [6, 6.07) is 39.5. The Morgan fingerprint density at radius 3 is 1.01 bits per heavy atom. The Morgan fingerprint density at radius 1 is 0.378 bits per heavy atom. The number of imidazole rings is 4. The average molecular weight is 1650 g/mol. The third kappa shape index (κ3) is 18.7. The maximum atomic E-state index is 14.0. The number of thioether (sulfide) groups is 2. The van der Waals surface area contributed by atoms with Crippen molar-refractivity contribution in [2.24, 2.45) is 29.4 Å². The fraction of sp³-hybridized carbons (Fsp3) is 0.440. The van der Waals surface area contributed by atoms with Gasteiger partial charge in [-0.2, -0.15) is 23.5 Å². The van der Waals surface area contributed by atoms with Crippen LogP contribution in [0, 0.1) is 23.7 Å². The molecule has 9 N–H and O–H groups in total. The summed E-state index contributed by atoms with van der Waals surface area (Å²) in [5.41, 5.74) is 18.6. The zero-order valence-corrected chi connectivity index (χ0v) is 69.6. The second kappa shape index (κ2) is 38.0. The molecule has 6 aliphatic rings. The van der Waals surface area contributed by atoms with Gasteiger partial charge in [0.25, 0.3) is 0 Å². The van der Waals surface area contributed by atoms with Crippen molar-refractivity contribution < 1.29 is 47.8 Å². The molecule has 6 saturated heterocycles. The van der Waals surface area contributed by atoms with E-state index in [-0.39, 0.29) is 78.9 Å². The van der Waals surface area contributed by atoms with Crippen molar-refractivity contribution in [1.29, 1.82) is 0 Å². The number of benzene rings is 6. The van der Waals surface area contributed by atoms with Crippen molar-refractivity contribution in [3.05, 3.63) is 169 Å². The molecule has 6 aromatic carbocycles. The van der Waals surface area contributed by atoms with Gasteiger partial charge in [0, 0.05) is 37.3 Å². The average Bonchev–Trinajstić information content (AvgIpc) is 1.77. The molecule has 10 heterocycles. The maximum Gasteiger partial charge on any atom is 0.407 e. The van der Waals surface area contributed by atoms with E-state index >= 15 is 0 Å². The fourth-order valence-electron chi connectivity index (χ4n) is 17.8. The number of carbonyl (C=O) groups excluding carboxylic acids is 7. The van der Waals surface area contributed by atoms with Crippen LogP contribution in [0.25, 0.3) is 88.8 Å². The summed E-state index contributed by atoms with van der Waals surface area (Å²) in [4.78, 5) is 131. The van der Waals surface area contributed by atoms with Crippen LogP contribution in [0.15, 0.2) is 146 Å². The number of aromatic amines is 4. The van der Waals surface area contributed by atoms with Crippen LogP contribution < -0.4 is 21.7 Å². The number of alkyl carbamates (subject to hydrolysis) is 3. The van der Waals surface area contributed by atoms with Crippen molar-refractivity contribution in [2.45, 2.75) is 161 Å². The van der Waals surface area contributed by atoms with Gasteiger partial charge in [-0.3, -0.25) is 19.2 Å². The minimum absolute atomic E-state index is 0. The lowest BCUT2D eigenvalue weighted by molar-refractivity contribution is -0.136. The summed E-state index contributed by atoms with van der Waals surface area (Å²) in [7, 11) is 3.92. The molecule has 7 amide bonds. The van der Waals surface area contributed by atoms with E-state index in [1.54, 1.807) is 0 Å². The largest absolute Gasteiger partial charge is 0.453 e. The molecule has 0 unspecified atom stereocenters. The Hall–Kier alpha value is -11.0. The predicted octanol–water partition coefficient (Wildman–Crippen LogP) is 16.0. The van der Waals surface area contributed by atoms with Gasteiger partial charge in [0.05, 0.1) is 99.1 Å². The fourth-order valence-corrected chi connectivity index (χ4v) is 20.0. The van der Waals surface area contributed by atoms with Crippen molar-refractivity contribution in [1.82, 2.24) is 75.4 Å². The summed E-state index contributed by atoms with van der Waals surface area (Å²) in [6.07, 6.45) is 16.1. The van der Waals surface area contributed by atoms with Gasteiger partial charge in [-0.25, -0.2) is 34.3 Å². The van der Waals surface area contributed by atoms with Gasteiger partial charge in [0.1, 0.15) is 41.4 Å². The number of nitrogens with one attached hydrogen (secondary N) is 7. The number of amides is 7. The number of likely N-dealkylation sites (tertiary alicyclic amines) is 4. The number of aromatic nitrogens is 8. The topological polar surface area (TPSA) is 337 Å². The summed E-state index contributed by atoms with van der Waals surface area (Å²) in [6.45, 7) is 10.2. The SMILES string of the molecule is C.COC(=O)N[C@H](C(=O)N1CCC[C@H]1c1ncc(-c2ccc3cc(-c4ccc(-c5cnc([C@@H]6CCCN6C(=O)[C@@H](N)C6CCSCC6)[nH]5)cc4)ccc3c2)[nH]1)C(C)C.COC(=O)N[C@H](C(=O)N1CCC[C@H]1c1ncc(-c2ccc3cc(-c4ccc(-c5cnc([C@@H]6CCCN6C(=O)[C@@H](NC(=O)OC)C6CCSCC6)[nH]5)cc4)ccc3c2)[nH]1)C(C)C. The Morgan fingerprint density at radius 2 is 0.664 bits per heavy atom. The molecule has 4 aromatic heterocycles. The number of nitrogens with zero attached hydrogens (tertiary/aromatic N) is 8. The second-order valence-electron chi connectivity index (χ2n) is 32.4. The molecular weight excluding hydrogens is 1540 g/mol.